The Bertz CT molecular complexity index is 500. The fourth-order valence-corrected chi connectivity index (χ4v) is 2.07. The molecule has 0 fully saturated rings. The van der Waals surface area contributed by atoms with Gasteiger partial charge in [0.1, 0.15) is 17.7 Å². The molecule has 0 saturated carbocycles. The Balaban J connectivity index is 2.35. The average Bonchev–Trinajstić information content (AvgIpc) is 2.39. The van der Waals surface area contributed by atoms with E-state index in [1.54, 1.807) is 24.3 Å². The third kappa shape index (κ3) is 3.85. The predicted molar refractivity (Wildman–Crippen MR) is 74.4 cm³/mol. The SMILES string of the molecule is Fc1cccc(C(OCCBr)c2cccc(F)c2)c1. The van der Waals surface area contributed by atoms with E-state index in [1.807, 2.05) is 0 Å². The second kappa shape index (κ2) is 6.78. The molecular weight excluding hydrogens is 314 g/mol. The number of hydrogen-bond acceptors (Lipinski definition) is 1. The highest BCUT2D eigenvalue weighted by molar-refractivity contribution is 9.09. The number of benzene rings is 2. The van der Waals surface area contributed by atoms with Gasteiger partial charge in [-0.15, -0.1) is 0 Å². The summed E-state index contributed by atoms with van der Waals surface area (Å²) in [7, 11) is 0. The third-order valence-electron chi connectivity index (χ3n) is 2.66. The fourth-order valence-electron chi connectivity index (χ4n) is 1.89. The highest BCUT2D eigenvalue weighted by Gasteiger charge is 2.15. The maximum absolute atomic E-state index is 13.3. The standard InChI is InChI=1S/C15H13BrF2O/c16-7-8-19-15(11-3-1-5-13(17)9-11)12-4-2-6-14(18)10-12/h1-6,9-10,15H,7-8H2. The molecule has 0 bridgehead atoms. The van der Waals surface area contributed by atoms with Gasteiger partial charge in [0.25, 0.3) is 0 Å². The zero-order chi connectivity index (χ0) is 13.7. The molecule has 0 aromatic heterocycles. The minimum absolute atomic E-state index is 0.332. The Hall–Kier alpha value is -1.26. The molecule has 0 aliphatic heterocycles. The second-order valence-electron chi connectivity index (χ2n) is 4.05. The van der Waals surface area contributed by atoms with Crippen LogP contribution in [0.15, 0.2) is 48.5 Å². The number of halogens is 3. The fraction of sp³-hybridized carbons (Fsp3) is 0.200. The van der Waals surface area contributed by atoms with E-state index in [0.717, 1.165) is 0 Å². The van der Waals surface area contributed by atoms with Gasteiger partial charge in [0.05, 0.1) is 6.61 Å². The molecule has 100 valence electrons. The smallest absolute Gasteiger partial charge is 0.123 e. The molecule has 0 amide bonds. The first-order valence-electron chi connectivity index (χ1n) is 5.89. The maximum Gasteiger partial charge on any atom is 0.123 e. The first kappa shape index (κ1) is 14.2. The molecule has 0 atom stereocenters. The molecular formula is C15H13BrF2O. The monoisotopic (exact) mass is 326 g/mol. The average molecular weight is 327 g/mol. The van der Waals surface area contributed by atoms with E-state index in [-0.39, 0.29) is 11.6 Å². The summed E-state index contributed by atoms with van der Waals surface area (Å²) in [6.45, 7) is 0.456. The summed E-state index contributed by atoms with van der Waals surface area (Å²) in [5.74, 6) is -0.664. The number of rotatable bonds is 5. The van der Waals surface area contributed by atoms with Crippen molar-refractivity contribution in [3.8, 4) is 0 Å². The van der Waals surface area contributed by atoms with Crippen LogP contribution >= 0.6 is 15.9 Å². The summed E-state index contributed by atoms with van der Waals surface area (Å²) < 4.78 is 32.3. The van der Waals surface area contributed by atoms with Crippen LogP contribution < -0.4 is 0 Å². The lowest BCUT2D eigenvalue weighted by Crippen LogP contribution is -2.08. The summed E-state index contributed by atoms with van der Waals surface area (Å²) in [5, 5.41) is 0.661. The zero-order valence-corrected chi connectivity index (χ0v) is 11.7. The van der Waals surface area contributed by atoms with Crippen LogP contribution in [0, 0.1) is 11.6 Å². The van der Waals surface area contributed by atoms with Crippen LogP contribution in [0.5, 0.6) is 0 Å². The lowest BCUT2D eigenvalue weighted by atomic mass is 10.0. The number of hydrogen-bond donors (Lipinski definition) is 0. The minimum atomic E-state index is -0.469. The third-order valence-corrected chi connectivity index (χ3v) is 2.99. The van der Waals surface area contributed by atoms with Gasteiger partial charge in [-0.2, -0.15) is 0 Å². The van der Waals surface area contributed by atoms with Gasteiger partial charge in [-0.3, -0.25) is 0 Å². The van der Waals surface area contributed by atoms with E-state index in [0.29, 0.717) is 23.1 Å². The molecule has 1 nitrogen and oxygen atoms in total. The van der Waals surface area contributed by atoms with Gasteiger partial charge < -0.3 is 4.74 Å². The van der Waals surface area contributed by atoms with Crippen molar-refractivity contribution < 1.29 is 13.5 Å². The molecule has 0 unspecified atom stereocenters. The summed E-state index contributed by atoms with van der Waals surface area (Å²) in [6, 6.07) is 12.3. The topological polar surface area (TPSA) is 9.23 Å². The summed E-state index contributed by atoms with van der Waals surface area (Å²) in [6.07, 6.45) is -0.469. The summed E-state index contributed by atoms with van der Waals surface area (Å²) in [5.41, 5.74) is 1.35. The molecule has 0 saturated heterocycles. The Morgan fingerprint density at radius 1 is 0.947 bits per heavy atom. The highest BCUT2D eigenvalue weighted by Crippen LogP contribution is 2.27. The van der Waals surface area contributed by atoms with Crippen molar-refractivity contribution in [1.82, 2.24) is 0 Å². The van der Waals surface area contributed by atoms with E-state index in [1.165, 1.54) is 24.3 Å². The van der Waals surface area contributed by atoms with Gasteiger partial charge in [-0.05, 0) is 35.4 Å². The van der Waals surface area contributed by atoms with E-state index >= 15 is 0 Å². The summed E-state index contributed by atoms with van der Waals surface area (Å²) >= 11 is 3.28. The largest absolute Gasteiger partial charge is 0.368 e. The van der Waals surface area contributed by atoms with Gasteiger partial charge in [0, 0.05) is 5.33 Å². The van der Waals surface area contributed by atoms with Crippen LogP contribution in [-0.4, -0.2) is 11.9 Å². The lowest BCUT2D eigenvalue weighted by Gasteiger charge is -2.18. The van der Waals surface area contributed by atoms with Crippen molar-refractivity contribution in [3.05, 3.63) is 71.3 Å². The molecule has 2 aromatic carbocycles. The number of ether oxygens (including phenoxy) is 1. The minimum Gasteiger partial charge on any atom is -0.368 e. The summed E-state index contributed by atoms with van der Waals surface area (Å²) in [4.78, 5) is 0. The van der Waals surface area contributed by atoms with E-state index in [2.05, 4.69) is 15.9 Å². The van der Waals surface area contributed by atoms with Crippen LogP contribution in [0.4, 0.5) is 8.78 Å². The van der Waals surface area contributed by atoms with Crippen LogP contribution in [0.1, 0.15) is 17.2 Å². The van der Waals surface area contributed by atoms with Crippen LogP contribution in [0.25, 0.3) is 0 Å². The molecule has 2 aromatic rings. The molecule has 0 aliphatic carbocycles. The maximum atomic E-state index is 13.3. The van der Waals surface area contributed by atoms with Crippen molar-refractivity contribution in [2.75, 3.05) is 11.9 Å². The molecule has 0 heterocycles. The van der Waals surface area contributed by atoms with Crippen molar-refractivity contribution in [3.63, 3.8) is 0 Å². The second-order valence-corrected chi connectivity index (χ2v) is 4.84. The van der Waals surface area contributed by atoms with Crippen molar-refractivity contribution in [2.24, 2.45) is 0 Å². The van der Waals surface area contributed by atoms with Crippen LogP contribution in [0.2, 0.25) is 0 Å². The van der Waals surface area contributed by atoms with E-state index in [9.17, 15) is 8.78 Å². The van der Waals surface area contributed by atoms with Gasteiger partial charge in [-0.1, -0.05) is 40.2 Å². The van der Waals surface area contributed by atoms with Gasteiger partial charge in [0.2, 0.25) is 0 Å². The zero-order valence-electron chi connectivity index (χ0n) is 10.2. The predicted octanol–water partition coefficient (Wildman–Crippen LogP) is 4.47. The number of alkyl halides is 1. The van der Waals surface area contributed by atoms with Crippen molar-refractivity contribution >= 4 is 15.9 Å². The first-order chi connectivity index (χ1) is 9.20. The molecule has 2 rings (SSSR count). The van der Waals surface area contributed by atoms with Crippen LogP contribution in [0.3, 0.4) is 0 Å². The lowest BCUT2D eigenvalue weighted by molar-refractivity contribution is 0.0936. The molecule has 0 radical (unpaired) electrons. The Kier molecular flexibility index (Phi) is 5.05. The quantitative estimate of drug-likeness (QED) is 0.737. The molecule has 19 heavy (non-hydrogen) atoms. The van der Waals surface area contributed by atoms with Crippen molar-refractivity contribution in [2.45, 2.75) is 6.10 Å². The van der Waals surface area contributed by atoms with E-state index < -0.39 is 6.10 Å². The Labute approximate surface area is 119 Å². The Morgan fingerprint density at radius 3 is 1.89 bits per heavy atom. The van der Waals surface area contributed by atoms with Gasteiger partial charge in [0.15, 0.2) is 0 Å². The first-order valence-corrected chi connectivity index (χ1v) is 7.01. The molecule has 0 aliphatic rings. The van der Waals surface area contributed by atoms with Crippen LogP contribution in [-0.2, 0) is 4.74 Å². The molecule has 0 spiro atoms. The molecule has 4 heteroatoms. The highest BCUT2D eigenvalue weighted by atomic mass is 79.9. The Morgan fingerprint density at radius 2 is 1.47 bits per heavy atom. The normalized spacial score (nSPS) is 10.9. The van der Waals surface area contributed by atoms with Gasteiger partial charge >= 0.3 is 0 Å². The molecule has 0 N–H and O–H groups in total. The van der Waals surface area contributed by atoms with Crippen molar-refractivity contribution in [1.29, 1.82) is 0 Å². The van der Waals surface area contributed by atoms with Gasteiger partial charge in [-0.25, -0.2) is 8.78 Å². The van der Waals surface area contributed by atoms with E-state index in [4.69, 9.17) is 4.74 Å².